The van der Waals surface area contributed by atoms with E-state index >= 15 is 0 Å². The normalized spacial score (nSPS) is 10.3. The molecule has 0 aliphatic heterocycles. The van der Waals surface area contributed by atoms with Gasteiger partial charge in [-0.05, 0) is 18.6 Å². The van der Waals surface area contributed by atoms with Crippen molar-refractivity contribution in [1.29, 1.82) is 0 Å². The maximum absolute atomic E-state index is 13.3. The van der Waals surface area contributed by atoms with Gasteiger partial charge in [0.2, 0.25) is 5.82 Å². The van der Waals surface area contributed by atoms with Crippen LogP contribution < -0.4 is 4.74 Å². The van der Waals surface area contributed by atoms with Crippen LogP contribution in [-0.2, 0) is 0 Å². The van der Waals surface area contributed by atoms with E-state index in [1.807, 2.05) is 6.07 Å². The molecule has 2 aromatic carbocycles. The lowest BCUT2D eigenvalue weighted by molar-refractivity contribution is 0.0973. The fraction of sp³-hybridized carbons (Fsp3) is 0.188. The molecule has 0 N–H and O–H groups in total. The Morgan fingerprint density at radius 2 is 1.75 bits per heavy atom. The molecule has 0 saturated heterocycles. The van der Waals surface area contributed by atoms with E-state index in [0.717, 1.165) is 6.07 Å². The van der Waals surface area contributed by atoms with Crippen molar-refractivity contribution in [2.24, 2.45) is 0 Å². The van der Waals surface area contributed by atoms with Crippen molar-refractivity contribution in [3.8, 4) is 5.75 Å². The molecule has 2 rings (SSSR count). The molecule has 0 aromatic heterocycles. The molecule has 0 heterocycles. The van der Waals surface area contributed by atoms with Crippen molar-refractivity contribution in [2.75, 3.05) is 6.61 Å². The molecule has 0 amide bonds. The number of halogens is 2. The summed E-state index contributed by atoms with van der Waals surface area (Å²) in [6.45, 7) is 0.166. The van der Waals surface area contributed by atoms with Crippen LogP contribution in [0.2, 0.25) is 0 Å². The summed E-state index contributed by atoms with van der Waals surface area (Å²) >= 11 is 0. The highest BCUT2D eigenvalue weighted by molar-refractivity contribution is 5.95. The van der Waals surface area contributed by atoms with Crippen LogP contribution in [0, 0.1) is 11.6 Å². The molecule has 0 bridgehead atoms. The average Bonchev–Trinajstić information content (AvgIpc) is 2.48. The highest BCUT2D eigenvalue weighted by Gasteiger charge is 2.09. The van der Waals surface area contributed by atoms with Gasteiger partial charge in [-0.25, -0.2) is 4.39 Å². The van der Waals surface area contributed by atoms with Gasteiger partial charge in [0.25, 0.3) is 0 Å². The second kappa shape index (κ2) is 6.80. The third-order valence-corrected chi connectivity index (χ3v) is 2.82. The van der Waals surface area contributed by atoms with Gasteiger partial charge in [0.05, 0.1) is 6.61 Å². The highest BCUT2D eigenvalue weighted by Crippen LogP contribution is 2.19. The van der Waals surface area contributed by atoms with E-state index < -0.39 is 11.6 Å². The van der Waals surface area contributed by atoms with E-state index in [0.29, 0.717) is 18.4 Å². The molecule has 20 heavy (non-hydrogen) atoms. The summed E-state index contributed by atoms with van der Waals surface area (Å²) in [5.41, 5.74) is 0.643. The fourth-order valence-electron chi connectivity index (χ4n) is 1.78. The minimum absolute atomic E-state index is 0.00825. The highest BCUT2D eigenvalue weighted by atomic mass is 19.2. The Morgan fingerprint density at radius 1 is 1.00 bits per heavy atom. The average molecular weight is 276 g/mol. The molecule has 0 aliphatic carbocycles. The van der Waals surface area contributed by atoms with Crippen molar-refractivity contribution in [3.05, 3.63) is 65.7 Å². The van der Waals surface area contributed by atoms with Crippen LogP contribution >= 0.6 is 0 Å². The molecule has 0 spiro atoms. The number of ether oxygens (including phenoxy) is 1. The quantitative estimate of drug-likeness (QED) is 0.588. The van der Waals surface area contributed by atoms with Crippen LogP contribution in [0.4, 0.5) is 8.78 Å². The lowest BCUT2D eigenvalue weighted by atomic mass is 10.1. The molecule has 0 radical (unpaired) electrons. The first kappa shape index (κ1) is 14.2. The number of carbonyl (C=O) groups excluding carboxylic acids is 1. The molecule has 4 heteroatoms. The van der Waals surface area contributed by atoms with E-state index in [-0.39, 0.29) is 18.1 Å². The van der Waals surface area contributed by atoms with Gasteiger partial charge in [-0.1, -0.05) is 36.4 Å². The molecule has 104 valence electrons. The third-order valence-electron chi connectivity index (χ3n) is 2.82. The van der Waals surface area contributed by atoms with Gasteiger partial charge in [-0.2, -0.15) is 4.39 Å². The Morgan fingerprint density at radius 3 is 2.50 bits per heavy atom. The van der Waals surface area contributed by atoms with Crippen molar-refractivity contribution in [3.63, 3.8) is 0 Å². The number of hydrogen-bond acceptors (Lipinski definition) is 2. The lowest BCUT2D eigenvalue weighted by Crippen LogP contribution is -2.05. The Labute approximate surface area is 116 Å². The van der Waals surface area contributed by atoms with Crippen molar-refractivity contribution < 1.29 is 18.3 Å². The zero-order valence-electron chi connectivity index (χ0n) is 10.8. The van der Waals surface area contributed by atoms with Gasteiger partial charge in [0.15, 0.2) is 17.3 Å². The largest absolute Gasteiger partial charge is 0.490 e. The minimum Gasteiger partial charge on any atom is -0.490 e. The summed E-state index contributed by atoms with van der Waals surface area (Å²) in [6.07, 6.45) is 0.755. The maximum atomic E-state index is 13.3. The molecule has 2 nitrogen and oxygen atoms in total. The molecular formula is C16H14F2O2. The Hall–Kier alpha value is -2.23. The number of rotatable bonds is 6. The summed E-state index contributed by atoms with van der Waals surface area (Å²) in [5, 5.41) is 0. The van der Waals surface area contributed by atoms with Gasteiger partial charge >= 0.3 is 0 Å². The topological polar surface area (TPSA) is 26.3 Å². The summed E-state index contributed by atoms with van der Waals surface area (Å²) in [7, 11) is 0. The predicted octanol–water partition coefficient (Wildman–Crippen LogP) is 4.01. The summed E-state index contributed by atoms with van der Waals surface area (Å²) < 4.78 is 31.4. The lowest BCUT2D eigenvalue weighted by Gasteiger charge is -2.07. The second-order valence-electron chi connectivity index (χ2n) is 4.29. The molecule has 0 saturated carbocycles. The van der Waals surface area contributed by atoms with E-state index in [2.05, 4.69) is 0 Å². The Kier molecular flexibility index (Phi) is 4.82. The van der Waals surface area contributed by atoms with Gasteiger partial charge in [0.1, 0.15) is 0 Å². The summed E-state index contributed by atoms with van der Waals surface area (Å²) in [6, 6.07) is 12.7. The molecule has 0 aliphatic rings. The standard InChI is InChI=1S/C16H14F2O2/c17-13-8-4-10-15(16(13)18)20-11-5-9-14(19)12-6-2-1-3-7-12/h1-4,6-8,10H,5,9,11H2. The SMILES string of the molecule is O=C(CCCOc1cccc(F)c1F)c1ccccc1. The fourth-order valence-corrected chi connectivity index (χ4v) is 1.78. The molecule has 2 aromatic rings. The number of ketones is 1. The van der Waals surface area contributed by atoms with Crippen LogP contribution in [0.5, 0.6) is 5.75 Å². The van der Waals surface area contributed by atoms with Crippen LogP contribution in [-0.4, -0.2) is 12.4 Å². The zero-order chi connectivity index (χ0) is 14.4. The minimum atomic E-state index is -0.998. The monoisotopic (exact) mass is 276 g/mol. The molecule has 0 atom stereocenters. The smallest absolute Gasteiger partial charge is 0.200 e. The van der Waals surface area contributed by atoms with Crippen LogP contribution in [0.1, 0.15) is 23.2 Å². The molecular weight excluding hydrogens is 262 g/mol. The van der Waals surface area contributed by atoms with Crippen molar-refractivity contribution >= 4 is 5.78 Å². The Bertz CT molecular complexity index is 582. The summed E-state index contributed by atoms with van der Waals surface area (Å²) in [4.78, 5) is 11.8. The van der Waals surface area contributed by atoms with Gasteiger partial charge in [0, 0.05) is 12.0 Å². The van der Waals surface area contributed by atoms with Crippen LogP contribution in [0.15, 0.2) is 48.5 Å². The number of Topliss-reactive ketones (excluding diaryl/α,β-unsaturated/α-hetero) is 1. The number of hydrogen-bond donors (Lipinski definition) is 0. The number of benzene rings is 2. The van der Waals surface area contributed by atoms with Crippen LogP contribution in [0.3, 0.4) is 0 Å². The van der Waals surface area contributed by atoms with Crippen molar-refractivity contribution in [1.82, 2.24) is 0 Å². The van der Waals surface area contributed by atoms with Crippen LogP contribution in [0.25, 0.3) is 0 Å². The first-order chi connectivity index (χ1) is 9.68. The van der Waals surface area contributed by atoms with E-state index in [1.165, 1.54) is 12.1 Å². The van der Waals surface area contributed by atoms with E-state index in [9.17, 15) is 13.6 Å². The van der Waals surface area contributed by atoms with E-state index in [4.69, 9.17) is 4.74 Å². The van der Waals surface area contributed by atoms with Crippen molar-refractivity contribution in [2.45, 2.75) is 12.8 Å². The first-order valence-electron chi connectivity index (χ1n) is 6.33. The third kappa shape index (κ3) is 3.63. The number of carbonyl (C=O) groups is 1. The second-order valence-corrected chi connectivity index (χ2v) is 4.29. The summed E-state index contributed by atoms with van der Waals surface area (Å²) in [5.74, 6) is -2.06. The van der Waals surface area contributed by atoms with Gasteiger partial charge in [-0.3, -0.25) is 4.79 Å². The molecule has 0 fully saturated rings. The van der Waals surface area contributed by atoms with Gasteiger partial charge in [-0.15, -0.1) is 0 Å². The maximum Gasteiger partial charge on any atom is 0.200 e. The zero-order valence-corrected chi connectivity index (χ0v) is 10.8. The van der Waals surface area contributed by atoms with Gasteiger partial charge < -0.3 is 4.74 Å². The molecule has 0 unspecified atom stereocenters. The Balaban J connectivity index is 1.80. The predicted molar refractivity (Wildman–Crippen MR) is 71.9 cm³/mol. The van der Waals surface area contributed by atoms with E-state index in [1.54, 1.807) is 24.3 Å². The first-order valence-corrected chi connectivity index (χ1v) is 6.33.